The number of nitrogens with zero attached hydrogens (tertiary/aromatic N) is 4. The Morgan fingerprint density at radius 2 is 2.00 bits per heavy atom. The van der Waals surface area contributed by atoms with Crippen molar-refractivity contribution in [2.45, 2.75) is 31.8 Å². The summed E-state index contributed by atoms with van der Waals surface area (Å²) in [5.74, 6) is 0.0282. The molecular formula is C20H20ClFN6O2. The molecule has 2 aromatic heterocycles. The number of aromatic nitrogens is 4. The number of rotatable bonds is 5. The number of carbonyl (C=O) groups excluding carboxylic acids is 1. The van der Waals surface area contributed by atoms with Crippen molar-refractivity contribution in [1.82, 2.24) is 25.3 Å². The van der Waals surface area contributed by atoms with Crippen LogP contribution in [0.25, 0.3) is 11.0 Å². The number of halogens is 2. The summed E-state index contributed by atoms with van der Waals surface area (Å²) in [6.07, 6.45) is 5.94. The maximum atomic E-state index is 13.4. The van der Waals surface area contributed by atoms with Crippen molar-refractivity contribution in [3.63, 3.8) is 0 Å². The van der Waals surface area contributed by atoms with E-state index in [0.717, 1.165) is 25.7 Å². The van der Waals surface area contributed by atoms with Gasteiger partial charge in [-0.15, -0.1) is 0 Å². The molecule has 2 heterocycles. The Morgan fingerprint density at radius 1 is 1.20 bits per heavy atom. The number of carbonyl (C=O) groups is 1. The number of fused-ring (bicyclic) bond motifs is 1. The Bertz CT molecular complexity index is 1070. The lowest BCUT2D eigenvalue weighted by Gasteiger charge is -2.27. The summed E-state index contributed by atoms with van der Waals surface area (Å²) in [6, 6.07) is 4.51. The minimum Gasteiger partial charge on any atom is -0.460 e. The van der Waals surface area contributed by atoms with Gasteiger partial charge in [0.05, 0.1) is 11.2 Å². The molecule has 0 unspecified atom stereocenters. The van der Waals surface area contributed by atoms with Crippen molar-refractivity contribution >= 4 is 40.0 Å². The topological polar surface area (TPSA) is 102 Å². The van der Waals surface area contributed by atoms with Crippen LogP contribution in [-0.2, 0) is 4.79 Å². The molecule has 156 valence electrons. The first-order valence-corrected chi connectivity index (χ1v) is 9.99. The number of amides is 1. The van der Waals surface area contributed by atoms with E-state index in [9.17, 15) is 9.18 Å². The van der Waals surface area contributed by atoms with Crippen LogP contribution in [0.15, 0.2) is 30.7 Å². The second-order valence-corrected chi connectivity index (χ2v) is 7.48. The Kier molecular flexibility index (Phi) is 5.89. The molecule has 4 rings (SSSR count). The van der Waals surface area contributed by atoms with E-state index < -0.39 is 5.82 Å². The van der Waals surface area contributed by atoms with E-state index in [1.165, 1.54) is 18.5 Å². The zero-order chi connectivity index (χ0) is 21.1. The van der Waals surface area contributed by atoms with Gasteiger partial charge in [-0.3, -0.25) is 4.79 Å². The Morgan fingerprint density at radius 3 is 2.73 bits per heavy atom. The number of nitrogens with one attached hydrogen (secondary N) is 2. The van der Waals surface area contributed by atoms with E-state index in [2.05, 4.69) is 30.6 Å². The molecule has 30 heavy (non-hydrogen) atoms. The largest absolute Gasteiger partial charge is 0.460 e. The molecule has 0 aliphatic heterocycles. The molecule has 8 nitrogen and oxygen atoms in total. The van der Waals surface area contributed by atoms with Crippen molar-refractivity contribution in [1.29, 1.82) is 0 Å². The lowest BCUT2D eigenvalue weighted by atomic mass is 9.87. The fourth-order valence-electron chi connectivity index (χ4n) is 3.49. The van der Waals surface area contributed by atoms with Crippen molar-refractivity contribution in [3.05, 3.63) is 41.6 Å². The molecule has 0 atom stereocenters. The van der Waals surface area contributed by atoms with Crippen LogP contribution in [0.1, 0.15) is 25.7 Å². The van der Waals surface area contributed by atoms with E-state index in [1.807, 2.05) is 0 Å². The highest BCUT2D eigenvalue weighted by Crippen LogP contribution is 2.29. The van der Waals surface area contributed by atoms with Crippen LogP contribution in [0.5, 0.6) is 6.01 Å². The SMILES string of the molecule is CNC(=O)C1CCC(Oc2ncc3ncnc(Nc4ccc(F)c(Cl)c4)c3n2)CC1. The molecule has 0 spiro atoms. The predicted molar refractivity (Wildman–Crippen MR) is 110 cm³/mol. The predicted octanol–water partition coefficient (Wildman–Crippen LogP) is 3.64. The number of ether oxygens (including phenoxy) is 1. The van der Waals surface area contributed by atoms with Gasteiger partial charge in [0.2, 0.25) is 5.91 Å². The Hall–Kier alpha value is -3.07. The van der Waals surface area contributed by atoms with Crippen LogP contribution in [0.3, 0.4) is 0 Å². The fourth-order valence-corrected chi connectivity index (χ4v) is 3.67. The third-order valence-electron chi connectivity index (χ3n) is 5.10. The number of benzene rings is 1. The van der Waals surface area contributed by atoms with Crippen molar-refractivity contribution in [2.24, 2.45) is 5.92 Å². The third-order valence-corrected chi connectivity index (χ3v) is 5.39. The first-order valence-electron chi connectivity index (χ1n) is 9.61. The van der Waals surface area contributed by atoms with Gasteiger partial charge in [0, 0.05) is 18.7 Å². The highest BCUT2D eigenvalue weighted by molar-refractivity contribution is 6.31. The van der Waals surface area contributed by atoms with E-state index >= 15 is 0 Å². The smallest absolute Gasteiger partial charge is 0.317 e. The van der Waals surface area contributed by atoms with E-state index in [-0.39, 0.29) is 29.0 Å². The van der Waals surface area contributed by atoms with Gasteiger partial charge in [-0.25, -0.2) is 19.3 Å². The summed E-state index contributed by atoms with van der Waals surface area (Å²) in [7, 11) is 1.65. The quantitative estimate of drug-likeness (QED) is 0.637. The zero-order valence-corrected chi connectivity index (χ0v) is 17.0. The lowest BCUT2D eigenvalue weighted by molar-refractivity contribution is -0.125. The van der Waals surface area contributed by atoms with Gasteiger partial charge in [-0.2, -0.15) is 4.98 Å². The van der Waals surface area contributed by atoms with E-state index in [0.29, 0.717) is 22.5 Å². The average Bonchev–Trinajstić information content (AvgIpc) is 2.77. The second-order valence-electron chi connectivity index (χ2n) is 7.07. The van der Waals surface area contributed by atoms with Gasteiger partial charge in [0.25, 0.3) is 0 Å². The minimum atomic E-state index is -0.501. The van der Waals surface area contributed by atoms with E-state index in [4.69, 9.17) is 16.3 Å². The van der Waals surface area contributed by atoms with Crippen LogP contribution < -0.4 is 15.4 Å². The van der Waals surface area contributed by atoms with Gasteiger partial charge in [-0.1, -0.05) is 11.6 Å². The molecule has 3 aromatic rings. The van der Waals surface area contributed by atoms with Gasteiger partial charge < -0.3 is 15.4 Å². The van der Waals surface area contributed by atoms with Crippen molar-refractivity contribution in [2.75, 3.05) is 12.4 Å². The molecule has 0 saturated heterocycles. The molecular weight excluding hydrogens is 411 g/mol. The van der Waals surface area contributed by atoms with Crippen LogP contribution in [0, 0.1) is 11.7 Å². The van der Waals surface area contributed by atoms with Crippen LogP contribution in [0.4, 0.5) is 15.9 Å². The first kappa shape index (κ1) is 20.2. The maximum Gasteiger partial charge on any atom is 0.317 e. The molecule has 10 heteroatoms. The Labute approximate surface area is 177 Å². The minimum absolute atomic E-state index is 0.00404. The summed E-state index contributed by atoms with van der Waals surface area (Å²) in [5.41, 5.74) is 1.58. The molecule has 1 aliphatic carbocycles. The molecule has 1 aliphatic rings. The second kappa shape index (κ2) is 8.74. The molecule has 0 bridgehead atoms. The number of hydrogen-bond donors (Lipinski definition) is 2. The van der Waals surface area contributed by atoms with Gasteiger partial charge in [0.1, 0.15) is 29.3 Å². The molecule has 2 N–H and O–H groups in total. The van der Waals surface area contributed by atoms with Crippen molar-refractivity contribution < 1.29 is 13.9 Å². The Balaban J connectivity index is 1.51. The van der Waals surface area contributed by atoms with Crippen LogP contribution in [-0.4, -0.2) is 39.0 Å². The molecule has 1 fully saturated rings. The summed E-state index contributed by atoms with van der Waals surface area (Å²) in [4.78, 5) is 28.9. The average molecular weight is 431 g/mol. The van der Waals surface area contributed by atoms with Crippen LogP contribution in [0.2, 0.25) is 5.02 Å². The third kappa shape index (κ3) is 4.40. The van der Waals surface area contributed by atoms with Crippen LogP contribution >= 0.6 is 11.6 Å². The maximum absolute atomic E-state index is 13.4. The number of anilines is 2. The summed E-state index contributed by atoms with van der Waals surface area (Å²) >= 11 is 5.85. The zero-order valence-electron chi connectivity index (χ0n) is 16.2. The molecule has 1 amide bonds. The molecule has 0 radical (unpaired) electrons. The normalized spacial score (nSPS) is 18.8. The summed E-state index contributed by atoms with van der Waals surface area (Å²) in [6.45, 7) is 0. The van der Waals surface area contributed by atoms with Crippen molar-refractivity contribution in [3.8, 4) is 6.01 Å². The monoisotopic (exact) mass is 430 g/mol. The standard InChI is InChI=1S/C20H20ClFN6O2/c1-23-19(29)11-2-5-13(6-3-11)30-20-24-9-16-17(28-20)18(26-10-25-16)27-12-4-7-15(22)14(21)8-12/h4,7-11,13H,2-3,5-6H2,1H3,(H,23,29)(H,25,26,27). The first-order chi connectivity index (χ1) is 14.5. The highest BCUT2D eigenvalue weighted by atomic mass is 35.5. The number of hydrogen-bond acceptors (Lipinski definition) is 7. The van der Waals surface area contributed by atoms with Gasteiger partial charge in [-0.05, 0) is 43.9 Å². The highest BCUT2D eigenvalue weighted by Gasteiger charge is 2.27. The summed E-state index contributed by atoms with van der Waals surface area (Å²) in [5, 5.41) is 5.78. The van der Waals surface area contributed by atoms with Gasteiger partial charge in [0.15, 0.2) is 5.82 Å². The molecule has 1 aromatic carbocycles. The lowest BCUT2D eigenvalue weighted by Crippen LogP contribution is -2.33. The summed E-state index contributed by atoms with van der Waals surface area (Å²) < 4.78 is 19.4. The van der Waals surface area contributed by atoms with E-state index in [1.54, 1.807) is 19.3 Å². The molecule has 1 saturated carbocycles. The van der Waals surface area contributed by atoms with Gasteiger partial charge >= 0.3 is 6.01 Å². The fraction of sp³-hybridized carbons (Fsp3) is 0.350.